The van der Waals surface area contributed by atoms with E-state index >= 15 is 0 Å². The van der Waals surface area contributed by atoms with E-state index < -0.39 is 0 Å². The number of guanidine groups is 1. The van der Waals surface area contributed by atoms with Gasteiger partial charge in [-0.15, -0.1) is 24.0 Å². The fraction of sp³-hybridized carbons (Fsp3) is 0.545. The van der Waals surface area contributed by atoms with Gasteiger partial charge in [0, 0.05) is 45.0 Å². The topological polar surface area (TPSA) is 63.9 Å². The van der Waals surface area contributed by atoms with Crippen molar-refractivity contribution in [1.82, 2.24) is 20.0 Å². The van der Waals surface area contributed by atoms with Gasteiger partial charge in [0.05, 0.1) is 25.5 Å². The molecular formula is C22H34IN5O2. The van der Waals surface area contributed by atoms with Gasteiger partial charge in [0.1, 0.15) is 6.10 Å². The third kappa shape index (κ3) is 7.24. The third-order valence-corrected chi connectivity index (χ3v) is 5.00. The molecule has 1 aromatic carbocycles. The van der Waals surface area contributed by atoms with Gasteiger partial charge in [0.2, 0.25) is 0 Å². The van der Waals surface area contributed by atoms with Crippen LogP contribution in [0.25, 0.3) is 0 Å². The monoisotopic (exact) mass is 527 g/mol. The molecule has 2 aromatic rings. The van der Waals surface area contributed by atoms with Crippen molar-refractivity contribution in [3.05, 3.63) is 53.9 Å². The van der Waals surface area contributed by atoms with Crippen molar-refractivity contribution in [2.24, 2.45) is 12.0 Å². The Kier molecular flexibility index (Phi) is 10.6. The number of hydrogen-bond acceptors (Lipinski definition) is 4. The van der Waals surface area contributed by atoms with Crippen LogP contribution < -0.4 is 5.32 Å². The number of morpholine rings is 1. The SMILES string of the molecule is CCNC(=NCCCOC(C)c1ccccc1)N1CCOC(c2cnn(C)c2)C1.I. The van der Waals surface area contributed by atoms with Crippen molar-refractivity contribution in [3.63, 3.8) is 0 Å². The van der Waals surface area contributed by atoms with Crippen LogP contribution in [0, 0.1) is 0 Å². The van der Waals surface area contributed by atoms with Crippen LogP contribution in [0.5, 0.6) is 0 Å². The van der Waals surface area contributed by atoms with Crippen molar-refractivity contribution in [2.75, 3.05) is 39.4 Å². The summed E-state index contributed by atoms with van der Waals surface area (Å²) in [6.45, 7) is 8.76. The van der Waals surface area contributed by atoms with E-state index in [4.69, 9.17) is 14.5 Å². The van der Waals surface area contributed by atoms with Crippen LogP contribution in [-0.4, -0.2) is 60.0 Å². The smallest absolute Gasteiger partial charge is 0.194 e. The fourth-order valence-electron chi connectivity index (χ4n) is 3.41. The number of ether oxygens (including phenoxy) is 2. The van der Waals surface area contributed by atoms with Gasteiger partial charge in [-0.3, -0.25) is 9.67 Å². The van der Waals surface area contributed by atoms with Gasteiger partial charge in [-0.25, -0.2) is 0 Å². The molecule has 0 aliphatic carbocycles. The lowest BCUT2D eigenvalue weighted by atomic mass is 10.1. The highest BCUT2D eigenvalue weighted by atomic mass is 127. The van der Waals surface area contributed by atoms with Crippen LogP contribution in [0.15, 0.2) is 47.7 Å². The molecule has 1 fully saturated rings. The first kappa shape index (κ1) is 24.6. The quantitative estimate of drug-likeness (QED) is 0.246. The van der Waals surface area contributed by atoms with E-state index in [1.165, 1.54) is 5.56 Å². The minimum Gasteiger partial charge on any atom is -0.374 e. The molecule has 1 aliphatic rings. The van der Waals surface area contributed by atoms with E-state index in [1.54, 1.807) is 0 Å². The molecule has 0 radical (unpaired) electrons. The van der Waals surface area contributed by atoms with E-state index in [9.17, 15) is 0 Å². The summed E-state index contributed by atoms with van der Waals surface area (Å²) in [7, 11) is 1.93. The number of benzene rings is 1. The average Bonchev–Trinajstić information content (AvgIpc) is 3.19. The summed E-state index contributed by atoms with van der Waals surface area (Å²) < 4.78 is 13.7. The van der Waals surface area contributed by atoms with E-state index in [-0.39, 0.29) is 36.2 Å². The van der Waals surface area contributed by atoms with Crippen LogP contribution in [0.3, 0.4) is 0 Å². The molecule has 0 spiro atoms. The lowest BCUT2D eigenvalue weighted by molar-refractivity contribution is -0.00807. The molecule has 0 bridgehead atoms. The van der Waals surface area contributed by atoms with Crippen molar-refractivity contribution in [3.8, 4) is 0 Å². The molecule has 2 unspecified atom stereocenters. The molecule has 2 atom stereocenters. The normalized spacial score (nSPS) is 18.0. The van der Waals surface area contributed by atoms with E-state index in [2.05, 4.69) is 41.3 Å². The molecule has 0 amide bonds. The minimum atomic E-state index is 0. The summed E-state index contributed by atoms with van der Waals surface area (Å²) in [6, 6.07) is 10.3. The molecular weight excluding hydrogens is 493 g/mol. The second-order valence-electron chi connectivity index (χ2n) is 7.27. The second kappa shape index (κ2) is 12.9. The largest absolute Gasteiger partial charge is 0.374 e. The molecule has 1 aliphatic heterocycles. The Labute approximate surface area is 196 Å². The second-order valence-corrected chi connectivity index (χ2v) is 7.27. The zero-order valence-electron chi connectivity index (χ0n) is 18.2. The molecule has 0 saturated carbocycles. The number of hydrogen-bond donors (Lipinski definition) is 1. The molecule has 1 saturated heterocycles. The Balaban J connectivity index is 0.00000320. The molecule has 2 heterocycles. The van der Waals surface area contributed by atoms with Crippen LogP contribution in [-0.2, 0) is 16.5 Å². The Morgan fingerprint density at radius 2 is 2.17 bits per heavy atom. The predicted molar refractivity (Wildman–Crippen MR) is 130 cm³/mol. The van der Waals surface area contributed by atoms with Crippen molar-refractivity contribution < 1.29 is 9.47 Å². The average molecular weight is 527 g/mol. The van der Waals surface area contributed by atoms with Crippen LogP contribution in [0.2, 0.25) is 0 Å². The highest BCUT2D eigenvalue weighted by Gasteiger charge is 2.25. The molecule has 1 aromatic heterocycles. The zero-order valence-corrected chi connectivity index (χ0v) is 20.5. The molecule has 30 heavy (non-hydrogen) atoms. The maximum absolute atomic E-state index is 5.96. The van der Waals surface area contributed by atoms with Crippen molar-refractivity contribution in [2.45, 2.75) is 32.5 Å². The van der Waals surface area contributed by atoms with E-state index in [0.717, 1.165) is 44.1 Å². The van der Waals surface area contributed by atoms with Crippen molar-refractivity contribution in [1.29, 1.82) is 0 Å². The fourth-order valence-corrected chi connectivity index (χ4v) is 3.41. The molecule has 166 valence electrons. The maximum atomic E-state index is 5.96. The number of rotatable bonds is 8. The van der Waals surface area contributed by atoms with Gasteiger partial charge in [-0.05, 0) is 25.8 Å². The number of nitrogens with zero attached hydrogens (tertiary/aromatic N) is 4. The van der Waals surface area contributed by atoms with Gasteiger partial charge in [-0.1, -0.05) is 30.3 Å². The summed E-state index contributed by atoms with van der Waals surface area (Å²) in [4.78, 5) is 7.09. The van der Waals surface area contributed by atoms with Crippen LogP contribution >= 0.6 is 24.0 Å². The Morgan fingerprint density at radius 1 is 1.37 bits per heavy atom. The summed E-state index contributed by atoms with van der Waals surface area (Å²) in [6.07, 6.45) is 4.92. The number of halogens is 1. The molecule has 1 N–H and O–H groups in total. The van der Waals surface area contributed by atoms with Gasteiger partial charge < -0.3 is 19.7 Å². The highest BCUT2D eigenvalue weighted by Crippen LogP contribution is 2.21. The molecule has 7 nitrogen and oxygen atoms in total. The lowest BCUT2D eigenvalue weighted by Crippen LogP contribution is -2.48. The number of nitrogens with one attached hydrogen (secondary N) is 1. The third-order valence-electron chi connectivity index (χ3n) is 5.00. The van der Waals surface area contributed by atoms with Crippen LogP contribution in [0.1, 0.15) is 43.6 Å². The van der Waals surface area contributed by atoms with E-state index in [0.29, 0.717) is 13.2 Å². The molecule has 3 rings (SSSR count). The van der Waals surface area contributed by atoms with Crippen molar-refractivity contribution >= 4 is 29.9 Å². The highest BCUT2D eigenvalue weighted by molar-refractivity contribution is 14.0. The lowest BCUT2D eigenvalue weighted by Gasteiger charge is -2.34. The first-order valence-electron chi connectivity index (χ1n) is 10.5. The number of aliphatic imine (C=N–C) groups is 1. The summed E-state index contributed by atoms with van der Waals surface area (Å²) >= 11 is 0. The minimum absolute atomic E-state index is 0. The van der Waals surface area contributed by atoms with Crippen LogP contribution in [0.4, 0.5) is 0 Å². The Morgan fingerprint density at radius 3 is 2.87 bits per heavy atom. The Bertz CT molecular complexity index is 768. The van der Waals surface area contributed by atoms with Gasteiger partial charge in [-0.2, -0.15) is 5.10 Å². The standard InChI is InChI=1S/C22H33N5O2.HI/c1-4-23-22(24-11-8-13-28-18(2)19-9-6-5-7-10-19)27-12-14-29-21(17-27)20-15-25-26(3)16-20;/h5-7,9-10,15-16,18,21H,4,8,11-14,17H2,1-3H3,(H,23,24);1H. The van der Waals surface area contributed by atoms with E-state index in [1.807, 2.05) is 42.3 Å². The number of aromatic nitrogens is 2. The summed E-state index contributed by atoms with van der Waals surface area (Å²) in [5.74, 6) is 0.945. The summed E-state index contributed by atoms with van der Waals surface area (Å²) in [5, 5.41) is 7.68. The predicted octanol–water partition coefficient (Wildman–Crippen LogP) is 3.54. The van der Waals surface area contributed by atoms with Gasteiger partial charge in [0.15, 0.2) is 5.96 Å². The summed E-state index contributed by atoms with van der Waals surface area (Å²) in [5.41, 5.74) is 2.32. The first-order valence-corrected chi connectivity index (χ1v) is 10.5. The van der Waals surface area contributed by atoms with Gasteiger partial charge in [0.25, 0.3) is 0 Å². The van der Waals surface area contributed by atoms with Gasteiger partial charge >= 0.3 is 0 Å². The zero-order chi connectivity index (χ0) is 20.5. The maximum Gasteiger partial charge on any atom is 0.194 e. The molecule has 8 heteroatoms. The first-order chi connectivity index (χ1) is 14.2. The number of aryl methyl sites for hydroxylation is 1. The Hall–Kier alpha value is -1.65.